The van der Waals surface area contributed by atoms with Crippen molar-refractivity contribution in [3.8, 4) is 5.75 Å². The van der Waals surface area contributed by atoms with Crippen LogP contribution in [0.5, 0.6) is 5.75 Å². The van der Waals surface area contributed by atoms with Gasteiger partial charge in [0.15, 0.2) is 11.5 Å². The lowest BCUT2D eigenvalue weighted by Gasteiger charge is -2.04. The quantitative estimate of drug-likeness (QED) is 0.443. The Morgan fingerprint density at radius 3 is 2.50 bits per heavy atom. The van der Waals surface area contributed by atoms with Crippen LogP contribution < -0.4 is 0 Å². The zero-order valence-electron chi connectivity index (χ0n) is 7.77. The fraction of sp³-hybridized carbons (Fsp3) is 0.222. The summed E-state index contributed by atoms with van der Waals surface area (Å²) in [5.41, 5.74) is 0.160. The maximum absolute atomic E-state index is 11.0. The van der Waals surface area contributed by atoms with Gasteiger partial charge in [0.05, 0.1) is 4.92 Å². The number of hydrogen-bond acceptors (Lipinski definition) is 4. The van der Waals surface area contributed by atoms with Crippen molar-refractivity contribution in [1.82, 2.24) is 0 Å². The first kappa shape index (κ1) is 10.2. The van der Waals surface area contributed by atoms with Crippen LogP contribution in [-0.4, -0.2) is 15.8 Å². The van der Waals surface area contributed by atoms with Crippen LogP contribution in [0.25, 0.3) is 0 Å². The van der Waals surface area contributed by atoms with Crippen molar-refractivity contribution in [3.63, 3.8) is 0 Å². The highest BCUT2D eigenvalue weighted by molar-refractivity contribution is 5.96. The average Bonchev–Trinajstić information content (AvgIpc) is 2.08. The lowest BCUT2D eigenvalue weighted by molar-refractivity contribution is -0.385. The number of nitro benzene ring substituents is 1. The third-order valence-electron chi connectivity index (χ3n) is 1.99. The van der Waals surface area contributed by atoms with Crippen molar-refractivity contribution in [1.29, 1.82) is 0 Å². The first-order valence-corrected chi connectivity index (χ1v) is 3.93. The minimum atomic E-state index is -0.688. The smallest absolute Gasteiger partial charge is 0.311 e. The predicted octanol–water partition coefficient (Wildman–Crippen LogP) is 1.81. The Bertz CT molecular complexity index is 373. The van der Waals surface area contributed by atoms with E-state index in [-0.39, 0.29) is 17.0 Å². The second-order valence-corrected chi connectivity index (χ2v) is 2.92. The molecule has 0 saturated carbocycles. The fourth-order valence-electron chi connectivity index (χ4n) is 1.21. The number of phenols is 1. The van der Waals surface area contributed by atoms with Crippen molar-refractivity contribution in [2.45, 2.75) is 13.8 Å². The summed E-state index contributed by atoms with van der Waals surface area (Å²) in [6, 6.07) is 2.47. The number of nitrogens with zero attached hydrogens (tertiary/aromatic N) is 1. The minimum absolute atomic E-state index is 0.229. The van der Waals surface area contributed by atoms with Gasteiger partial charge in [0.25, 0.3) is 0 Å². The van der Waals surface area contributed by atoms with E-state index in [0.29, 0.717) is 5.56 Å². The summed E-state index contributed by atoms with van der Waals surface area (Å²) >= 11 is 0. The Hall–Kier alpha value is -1.91. The number of aromatic hydroxyl groups is 1. The van der Waals surface area contributed by atoms with Crippen LogP contribution in [0.2, 0.25) is 0 Å². The van der Waals surface area contributed by atoms with Crippen molar-refractivity contribution >= 4 is 11.5 Å². The minimum Gasteiger partial charge on any atom is -0.502 e. The van der Waals surface area contributed by atoms with Gasteiger partial charge in [-0.3, -0.25) is 14.9 Å². The van der Waals surface area contributed by atoms with Crippen molar-refractivity contribution < 1.29 is 14.8 Å². The number of nitro groups is 1. The number of ketones is 1. The fourth-order valence-corrected chi connectivity index (χ4v) is 1.21. The SMILES string of the molecule is CC(=O)c1ccc([N+](=O)[O-])c(O)c1C. The van der Waals surface area contributed by atoms with Crippen molar-refractivity contribution in [3.05, 3.63) is 33.4 Å². The van der Waals surface area contributed by atoms with E-state index in [9.17, 15) is 20.0 Å². The van der Waals surface area contributed by atoms with Gasteiger partial charge in [0.2, 0.25) is 0 Å². The lowest BCUT2D eigenvalue weighted by Crippen LogP contribution is -1.98. The van der Waals surface area contributed by atoms with Crippen LogP contribution in [-0.2, 0) is 0 Å². The van der Waals surface area contributed by atoms with Gasteiger partial charge in [0.1, 0.15) is 0 Å². The van der Waals surface area contributed by atoms with Gasteiger partial charge in [-0.25, -0.2) is 0 Å². The van der Waals surface area contributed by atoms with Gasteiger partial charge < -0.3 is 5.11 Å². The van der Waals surface area contributed by atoms with Gasteiger partial charge in [-0.05, 0) is 19.9 Å². The molecule has 74 valence electrons. The molecule has 0 aliphatic heterocycles. The van der Waals surface area contributed by atoms with Crippen LogP contribution in [0.3, 0.4) is 0 Å². The molecule has 14 heavy (non-hydrogen) atoms. The van der Waals surface area contributed by atoms with Crippen LogP contribution >= 0.6 is 0 Å². The Balaban J connectivity index is 3.41. The summed E-state index contributed by atoms with van der Waals surface area (Å²) < 4.78 is 0. The summed E-state index contributed by atoms with van der Waals surface area (Å²) in [6.45, 7) is 2.81. The molecule has 0 radical (unpaired) electrons. The molecule has 0 heterocycles. The topological polar surface area (TPSA) is 80.4 Å². The van der Waals surface area contributed by atoms with E-state index in [4.69, 9.17) is 0 Å². The van der Waals surface area contributed by atoms with E-state index in [1.54, 1.807) is 0 Å². The molecule has 0 amide bonds. The number of hydrogen-bond donors (Lipinski definition) is 1. The second kappa shape index (κ2) is 3.45. The third-order valence-corrected chi connectivity index (χ3v) is 1.99. The van der Waals surface area contributed by atoms with E-state index in [1.807, 2.05) is 0 Å². The molecule has 1 N–H and O–H groups in total. The zero-order valence-corrected chi connectivity index (χ0v) is 7.77. The van der Waals surface area contributed by atoms with Crippen LogP contribution in [0.4, 0.5) is 5.69 Å². The summed E-state index contributed by atoms with van der Waals surface area (Å²) in [6.07, 6.45) is 0. The Labute approximate surface area is 80.1 Å². The van der Waals surface area contributed by atoms with E-state index in [2.05, 4.69) is 0 Å². The van der Waals surface area contributed by atoms with Gasteiger partial charge >= 0.3 is 5.69 Å². The molecule has 0 bridgehead atoms. The largest absolute Gasteiger partial charge is 0.502 e. The molecule has 0 saturated heterocycles. The molecule has 0 fully saturated rings. The molecule has 1 aromatic rings. The molecule has 0 aromatic heterocycles. The molecular formula is C9H9NO4. The molecule has 5 nitrogen and oxygen atoms in total. The van der Waals surface area contributed by atoms with E-state index >= 15 is 0 Å². The number of benzene rings is 1. The van der Waals surface area contributed by atoms with Gasteiger partial charge in [0, 0.05) is 17.2 Å². The van der Waals surface area contributed by atoms with Crippen molar-refractivity contribution in [2.24, 2.45) is 0 Å². The maximum atomic E-state index is 11.0. The normalized spacial score (nSPS) is 9.86. The Kier molecular flexibility index (Phi) is 2.51. The molecule has 5 heteroatoms. The number of phenolic OH excluding ortho intramolecular Hbond substituents is 1. The first-order valence-electron chi connectivity index (χ1n) is 3.93. The molecule has 1 rings (SSSR count). The maximum Gasteiger partial charge on any atom is 0.311 e. The van der Waals surface area contributed by atoms with Crippen molar-refractivity contribution in [2.75, 3.05) is 0 Å². The molecule has 0 unspecified atom stereocenters. The molecule has 0 spiro atoms. The lowest BCUT2D eigenvalue weighted by atomic mass is 10.0. The number of carbonyl (C=O) groups is 1. The molecule has 0 aliphatic carbocycles. The molecular weight excluding hydrogens is 186 g/mol. The highest BCUT2D eigenvalue weighted by Gasteiger charge is 2.18. The summed E-state index contributed by atoms with van der Waals surface area (Å²) in [4.78, 5) is 20.7. The van der Waals surface area contributed by atoms with Crippen LogP contribution in [0, 0.1) is 17.0 Å². The Morgan fingerprint density at radius 2 is 2.07 bits per heavy atom. The Morgan fingerprint density at radius 1 is 1.50 bits per heavy atom. The van der Waals surface area contributed by atoms with Crippen LogP contribution in [0.15, 0.2) is 12.1 Å². The standard InChI is InChI=1S/C9H9NO4/c1-5-7(6(2)11)3-4-8(9(5)12)10(13)14/h3-4,12H,1-2H3. The van der Waals surface area contributed by atoms with E-state index in [0.717, 1.165) is 6.07 Å². The summed E-state index contributed by atoms with van der Waals surface area (Å²) in [7, 11) is 0. The number of carbonyl (C=O) groups excluding carboxylic acids is 1. The van der Waals surface area contributed by atoms with Gasteiger partial charge in [-0.15, -0.1) is 0 Å². The average molecular weight is 195 g/mol. The van der Waals surface area contributed by atoms with E-state index in [1.165, 1.54) is 19.9 Å². The zero-order chi connectivity index (χ0) is 10.9. The van der Waals surface area contributed by atoms with E-state index < -0.39 is 10.7 Å². The second-order valence-electron chi connectivity index (χ2n) is 2.92. The third kappa shape index (κ3) is 1.56. The van der Waals surface area contributed by atoms with Crippen LogP contribution in [0.1, 0.15) is 22.8 Å². The predicted molar refractivity (Wildman–Crippen MR) is 49.5 cm³/mol. The van der Waals surface area contributed by atoms with Gasteiger partial charge in [-0.2, -0.15) is 0 Å². The molecule has 0 atom stereocenters. The highest BCUT2D eigenvalue weighted by atomic mass is 16.6. The van der Waals surface area contributed by atoms with Gasteiger partial charge in [-0.1, -0.05) is 0 Å². The monoisotopic (exact) mass is 195 g/mol. The highest BCUT2D eigenvalue weighted by Crippen LogP contribution is 2.31. The summed E-state index contributed by atoms with van der Waals surface area (Å²) in [5.74, 6) is -0.671. The number of rotatable bonds is 2. The molecule has 0 aliphatic rings. The first-order chi connectivity index (χ1) is 6.45. The number of Topliss-reactive ketones (excluding diaryl/α,β-unsaturated/α-hetero) is 1. The summed E-state index contributed by atoms with van der Waals surface area (Å²) in [5, 5.41) is 19.8. The molecule has 1 aromatic carbocycles.